The largest absolute Gasteiger partial charge is 0.461 e. The summed E-state index contributed by atoms with van der Waals surface area (Å²) in [5, 5.41) is 0. The van der Waals surface area contributed by atoms with E-state index in [0.717, 1.165) is 11.6 Å². The molecule has 1 aromatic carbocycles. The Bertz CT molecular complexity index is 532. The van der Waals surface area contributed by atoms with Gasteiger partial charge in [-0.3, -0.25) is 4.79 Å². The van der Waals surface area contributed by atoms with Crippen LogP contribution in [0.15, 0.2) is 18.2 Å². The number of allylic oxidation sites excluding steroid dienone is 1. The monoisotopic (exact) mass is 292 g/mol. The molecule has 1 rings (SSSR count). The predicted molar refractivity (Wildman–Crippen MR) is 65.7 cm³/mol. The Morgan fingerprint density at radius 1 is 1.00 bits per heavy atom. The van der Waals surface area contributed by atoms with Gasteiger partial charge in [0.25, 0.3) is 0 Å². The third-order valence-corrected chi connectivity index (χ3v) is 2.80. The van der Waals surface area contributed by atoms with E-state index in [9.17, 15) is 26.7 Å². The molecule has 110 valence electrons. The molecule has 0 aliphatic heterocycles. The number of hydrogen-bond donors (Lipinski definition) is 0. The van der Waals surface area contributed by atoms with Gasteiger partial charge in [0.2, 0.25) is 5.78 Å². The molecule has 20 heavy (non-hydrogen) atoms. The van der Waals surface area contributed by atoms with E-state index in [0.29, 0.717) is 16.7 Å². The number of carbonyl (C=O) groups excluding carboxylic acids is 1. The molecule has 0 aliphatic carbocycles. The maximum atomic E-state index is 12.8. The van der Waals surface area contributed by atoms with Gasteiger partial charge in [-0.05, 0) is 43.5 Å². The summed E-state index contributed by atoms with van der Waals surface area (Å²) in [7, 11) is 0. The van der Waals surface area contributed by atoms with E-state index in [2.05, 4.69) is 0 Å². The van der Waals surface area contributed by atoms with E-state index in [1.54, 1.807) is 26.0 Å². The average molecular weight is 292 g/mol. The Morgan fingerprint density at radius 3 is 1.85 bits per heavy atom. The van der Waals surface area contributed by atoms with E-state index in [-0.39, 0.29) is 6.08 Å². The van der Waals surface area contributed by atoms with Crippen molar-refractivity contribution in [3.8, 4) is 0 Å². The van der Waals surface area contributed by atoms with Crippen molar-refractivity contribution in [3.63, 3.8) is 0 Å². The molecule has 0 unspecified atom stereocenters. The first-order valence-electron chi connectivity index (χ1n) is 5.71. The first-order chi connectivity index (χ1) is 8.96. The molecule has 0 N–H and O–H groups in total. The lowest BCUT2D eigenvalue weighted by Crippen LogP contribution is -2.43. The van der Waals surface area contributed by atoms with Crippen LogP contribution in [0.4, 0.5) is 22.0 Å². The fourth-order valence-electron chi connectivity index (χ4n) is 1.86. The van der Waals surface area contributed by atoms with E-state index in [4.69, 9.17) is 0 Å². The van der Waals surface area contributed by atoms with Crippen LogP contribution < -0.4 is 0 Å². The number of hydrogen-bond acceptors (Lipinski definition) is 1. The fourth-order valence-corrected chi connectivity index (χ4v) is 1.86. The van der Waals surface area contributed by atoms with Crippen LogP contribution in [0.25, 0.3) is 6.08 Å². The first kappa shape index (κ1) is 16.3. The Hall–Kier alpha value is -1.72. The number of alkyl halides is 5. The summed E-state index contributed by atoms with van der Waals surface area (Å²) in [5.74, 6) is -7.64. The lowest BCUT2D eigenvalue weighted by molar-refractivity contribution is -0.266. The van der Waals surface area contributed by atoms with Crippen LogP contribution >= 0.6 is 0 Å². The summed E-state index contributed by atoms with van der Waals surface area (Å²) >= 11 is 0. The normalized spacial score (nSPS) is 13.0. The highest BCUT2D eigenvalue weighted by atomic mass is 19.4. The standard InChI is InChI=1S/C14H13F5O/c1-8-6-9(2)11(10(3)7-8)4-5-12(20)13(15,16)14(17,18)19/h4-7H,1-3H3/b5-4+. The van der Waals surface area contributed by atoms with Crippen molar-refractivity contribution in [3.05, 3.63) is 40.5 Å². The first-order valence-corrected chi connectivity index (χ1v) is 5.71. The molecule has 0 saturated carbocycles. The van der Waals surface area contributed by atoms with Crippen LogP contribution in [-0.4, -0.2) is 17.9 Å². The zero-order valence-electron chi connectivity index (χ0n) is 11.1. The lowest BCUT2D eigenvalue weighted by Gasteiger charge is -2.16. The molecular formula is C14H13F5O. The third-order valence-electron chi connectivity index (χ3n) is 2.80. The fraction of sp³-hybridized carbons (Fsp3) is 0.357. The molecule has 0 radical (unpaired) electrons. The summed E-state index contributed by atoms with van der Waals surface area (Å²) < 4.78 is 61.6. The van der Waals surface area contributed by atoms with Crippen molar-refractivity contribution in [2.24, 2.45) is 0 Å². The maximum Gasteiger partial charge on any atom is 0.461 e. The van der Waals surface area contributed by atoms with Crippen molar-refractivity contribution < 1.29 is 26.7 Å². The predicted octanol–water partition coefficient (Wildman–Crippen LogP) is 4.39. The van der Waals surface area contributed by atoms with Gasteiger partial charge in [0.15, 0.2) is 0 Å². The van der Waals surface area contributed by atoms with Crippen molar-refractivity contribution in [1.29, 1.82) is 0 Å². The van der Waals surface area contributed by atoms with Gasteiger partial charge in [-0.1, -0.05) is 23.8 Å². The summed E-state index contributed by atoms with van der Waals surface area (Å²) in [6.45, 7) is 5.20. The minimum absolute atomic E-state index is 0.276. The van der Waals surface area contributed by atoms with Crippen LogP contribution in [0, 0.1) is 20.8 Å². The number of rotatable bonds is 3. The molecule has 0 aliphatic rings. The second-order valence-corrected chi connectivity index (χ2v) is 4.58. The van der Waals surface area contributed by atoms with Crippen LogP contribution in [0.1, 0.15) is 22.3 Å². The number of ketones is 1. The highest BCUT2D eigenvalue weighted by Gasteiger charge is 2.62. The zero-order chi connectivity index (χ0) is 15.7. The molecule has 0 fully saturated rings. The SMILES string of the molecule is Cc1cc(C)c(/C=C/C(=O)C(F)(F)C(F)(F)F)c(C)c1. The average Bonchev–Trinajstić information content (AvgIpc) is 2.25. The van der Waals surface area contributed by atoms with E-state index >= 15 is 0 Å². The second-order valence-electron chi connectivity index (χ2n) is 4.58. The maximum absolute atomic E-state index is 12.8. The van der Waals surface area contributed by atoms with Gasteiger partial charge in [0.1, 0.15) is 0 Å². The highest BCUT2D eigenvalue weighted by Crippen LogP contribution is 2.36. The molecule has 0 atom stereocenters. The second kappa shape index (κ2) is 5.34. The summed E-state index contributed by atoms with van der Waals surface area (Å²) in [5.41, 5.74) is 2.79. The van der Waals surface area contributed by atoms with Crippen molar-refractivity contribution in [2.75, 3.05) is 0 Å². The number of halogens is 5. The van der Waals surface area contributed by atoms with Gasteiger partial charge in [-0.2, -0.15) is 22.0 Å². The molecule has 0 heterocycles. The molecular weight excluding hydrogens is 279 g/mol. The molecule has 0 spiro atoms. The number of aryl methyl sites for hydroxylation is 3. The van der Waals surface area contributed by atoms with Crippen LogP contribution in [0.5, 0.6) is 0 Å². The zero-order valence-corrected chi connectivity index (χ0v) is 11.1. The van der Waals surface area contributed by atoms with Gasteiger partial charge in [-0.25, -0.2) is 0 Å². The minimum Gasteiger partial charge on any atom is -0.288 e. The van der Waals surface area contributed by atoms with Gasteiger partial charge >= 0.3 is 12.1 Å². The highest BCUT2D eigenvalue weighted by molar-refractivity contribution is 5.99. The molecule has 1 nitrogen and oxygen atoms in total. The molecule has 0 aromatic heterocycles. The summed E-state index contributed by atoms with van der Waals surface area (Å²) in [6, 6.07) is 3.50. The Labute approximate surface area is 113 Å². The minimum atomic E-state index is -5.88. The Kier molecular flexibility index (Phi) is 4.36. The molecule has 0 bridgehead atoms. The van der Waals surface area contributed by atoms with Crippen LogP contribution in [0.3, 0.4) is 0 Å². The van der Waals surface area contributed by atoms with Gasteiger partial charge in [-0.15, -0.1) is 0 Å². The van der Waals surface area contributed by atoms with E-state index in [1.165, 1.54) is 0 Å². The van der Waals surface area contributed by atoms with Gasteiger partial charge < -0.3 is 0 Å². The molecule has 0 saturated heterocycles. The van der Waals surface area contributed by atoms with Crippen molar-refractivity contribution in [2.45, 2.75) is 32.9 Å². The summed E-state index contributed by atoms with van der Waals surface area (Å²) in [6.07, 6.45) is -4.62. The van der Waals surface area contributed by atoms with Crippen molar-refractivity contribution >= 4 is 11.9 Å². The topological polar surface area (TPSA) is 17.1 Å². The summed E-state index contributed by atoms with van der Waals surface area (Å²) in [4.78, 5) is 11.0. The van der Waals surface area contributed by atoms with Crippen molar-refractivity contribution in [1.82, 2.24) is 0 Å². The molecule has 1 aromatic rings. The van der Waals surface area contributed by atoms with E-state index < -0.39 is 17.9 Å². The Balaban J connectivity index is 3.09. The Morgan fingerprint density at radius 2 is 1.45 bits per heavy atom. The van der Waals surface area contributed by atoms with Crippen LogP contribution in [0.2, 0.25) is 0 Å². The van der Waals surface area contributed by atoms with Gasteiger partial charge in [0.05, 0.1) is 0 Å². The number of benzene rings is 1. The van der Waals surface area contributed by atoms with Crippen LogP contribution in [-0.2, 0) is 4.79 Å². The van der Waals surface area contributed by atoms with Gasteiger partial charge in [0, 0.05) is 0 Å². The molecule has 6 heteroatoms. The number of carbonyl (C=O) groups is 1. The lowest BCUT2D eigenvalue weighted by atomic mass is 9.99. The third kappa shape index (κ3) is 3.23. The quantitative estimate of drug-likeness (QED) is 0.596. The van der Waals surface area contributed by atoms with E-state index in [1.807, 2.05) is 6.92 Å². The molecule has 0 amide bonds. The smallest absolute Gasteiger partial charge is 0.288 e.